The Hall–Kier alpha value is -1.36. The molecule has 2 N–H and O–H groups in total. The highest BCUT2D eigenvalue weighted by Crippen LogP contribution is 2.24. The van der Waals surface area contributed by atoms with Crippen LogP contribution >= 0.6 is 0 Å². The van der Waals surface area contributed by atoms with E-state index in [-0.39, 0.29) is 5.82 Å². The molecule has 1 aromatic rings. The molecule has 1 atom stereocenters. The molecule has 1 rings (SSSR count). The quantitative estimate of drug-likeness (QED) is 0.497. The minimum Gasteiger partial charge on any atom is -0.418 e. The van der Waals surface area contributed by atoms with Crippen molar-refractivity contribution in [1.29, 1.82) is 0 Å². The number of hydrogen-bond donors (Lipinski definition) is 2. The van der Waals surface area contributed by atoms with E-state index in [1.165, 1.54) is 6.08 Å². The molecule has 0 saturated heterocycles. The SMILES string of the molecule is C=Cc1c[nH]c(C(CCC)S(=O)(=O)O)n1.F[B-](F)(F)F. The highest BCUT2D eigenvalue weighted by atomic mass is 32.2. The van der Waals surface area contributed by atoms with Crippen molar-refractivity contribution in [3.05, 3.63) is 24.3 Å². The van der Waals surface area contributed by atoms with Gasteiger partial charge in [0, 0.05) is 6.20 Å². The predicted octanol–water partition coefficient (Wildman–Crippen LogP) is 3.08. The molecule has 1 heterocycles. The minimum atomic E-state index is -6.00. The summed E-state index contributed by atoms with van der Waals surface area (Å²) < 4.78 is 70.2. The van der Waals surface area contributed by atoms with E-state index >= 15 is 0 Å². The molecule has 0 aromatic carbocycles. The molecule has 0 bridgehead atoms. The highest BCUT2D eigenvalue weighted by molar-refractivity contribution is 7.86. The van der Waals surface area contributed by atoms with Crippen LogP contribution in [-0.4, -0.2) is 30.2 Å². The molecular formula is C9H14BF4N2O3S-. The first-order chi connectivity index (χ1) is 8.99. The molecule has 116 valence electrons. The molecule has 0 amide bonds. The molecule has 20 heavy (non-hydrogen) atoms. The van der Waals surface area contributed by atoms with Crippen LogP contribution < -0.4 is 0 Å². The van der Waals surface area contributed by atoms with Crippen molar-refractivity contribution in [3.8, 4) is 0 Å². The fourth-order valence-electron chi connectivity index (χ4n) is 1.31. The lowest BCUT2D eigenvalue weighted by atomic mass is 10.2. The number of nitrogens with zero attached hydrogens (tertiary/aromatic N) is 1. The number of H-pyrrole nitrogens is 1. The third-order valence-corrected chi connectivity index (χ3v) is 3.22. The monoisotopic (exact) mass is 317 g/mol. The van der Waals surface area contributed by atoms with Gasteiger partial charge in [-0.25, -0.2) is 4.98 Å². The van der Waals surface area contributed by atoms with Gasteiger partial charge in [-0.1, -0.05) is 19.9 Å². The topological polar surface area (TPSA) is 83.0 Å². The Morgan fingerprint density at radius 3 is 2.30 bits per heavy atom. The standard InChI is InChI=1S/C9H14N2O3S.BF4/c1-3-5-8(15(12,13)14)9-10-6-7(4-2)11-9;2-1(3,4)5/h4,6,8H,2-3,5H2,1H3,(H,10,11)(H,12,13,14);/q;-1. The van der Waals surface area contributed by atoms with Gasteiger partial charge >= 0.3 is 7.25 Å². The number of rotatable bonds is 5. The molecule has 11 heteroatoms. The zero-order chi connectivity index (χ0) is 16.0. The molecular weight excluding hydrogens is 303 g/mol. The fraction of sp³-hybridized carbons (Fsp3) is 0.444. The smallest absolute Gasteiger partial charge is 0.418 e. The number of hydrogen-bond acceptors (Lipinski definition) is 3. The van der Waals surface area contributed by atoms with E-state index < -0.39 is 22.6 Å². The van der Waals surface area contributed by atoms with Crippen LogP contribution in [0.4, 0.5) is 17.3 Å². The van der Waals surface area contributed by atoms with Gasteiger partial charge in [-0.15, -0.1) is 0 Å². The van der Waals surface area contributed by atoms with Gasteiger partial charge in [-0.3, -0.25) is 4.55 Å². The van der Waals surface area contributed by atoms with E-state index in [0.717, 1.165) is 0 Å². The van der Waals surface area contributed by atoms with Crippen molar-refractivity contribution < 1.29 is 30.2 Å². The van der Waals surface area contributed by atoms with Crippen LogP contribution in [0.2, 0.25) is 0 Å². The lowest BCUT2D eigenvalue weighted by Gasteiger charge is -2.09. The van der Waals surface area contributed by atoms with Crippen LogP contribution in [0.25, 0.3) is 6.08 Å². The van der Waals surface area contributed by atoms with Gasteiger partial charge in [-0.2, -0.15) is 8.42 Å². The maximum Gasteiger partial charge on any atom is 0.673 e. The average Bonchev–Trinajstić information content (AvgIpc) is 2.70. The van der Waals surface area contributed by atoms with Crippen molar-refractivity contribution >= 4 is 23.4 Å². The normalized spacial score (nSPS) is 13.3. The van der Waals surface area contributed by atoms with E-state index in [9.17, 15) is 25.7 Å². The van der Waals surface area contributed by atoms with E-state index in [2.05, 4.69) is 16.5 Å². The Morgan fingerprint density at radius 2 is 2.00 bits per heavy atom. The summed E-state index contributed by atoms with van der Waals surface area (Å²) in [6.07, 6.45) is 4.04. The molecule has 1 aromatic heterocycles. The van der Waals surface area contributed by atoms with Crippen LogP contribution in [-0.2, 0) is 10.1 Å². The first-order valence-corrected chi connectivity index (χ1v) is 7.00. The molecule has 1 unspecified atom stereocenters. The van der Waals surface area contributed by atoms with Crippen molar-refractivity contribution in [2.45, 2.75) is 25.0 Å². The number of aromatic nitrogens is 2. The van der Waals surface area contributed by atoms with E-state index in [4.69, 9.17) is 4.55 Å². The fourth-order valence-corrected chi connectivity index (χ4v) is 2.25. The number of imidazole rings is 1. The van der Waals surface area contributed by atoms with E-state index in [1.54, 1.807) is 6.20 Å². The Balaban J connectivity index is 0.000000621. The summed E-state index contributed by atoms with van der Waals surface area (Å²) in [6.45, 7) is 5.36. The summed E-state index contributed by atoms with van der Waals surface area (Å²) in [5, 5.41) is -0.976. The summed E-state index contributed by atoms with van der Waals surface area (Å²) in [6, 6.07) is 0. The maximum absolute atomic E-state index is 11.1. The van der Waals surface area contributed by atoms with Crippen molar-refractivity contribution in [2.24, 2.45) is 0 Å². The summed E-state index contributed by atoms with van der Waals surface area (Å²) in [7, 11) is -10.1. The summed E-state index contributed by atoms with van der Waals surface area (Å²) in [4.78, 5) is 6.73. The summed E-state index contributed by atoms with van der Waals surface area (Å²) in [5.74, 6) is 0.259. The first kappa shape index (κ1) is 18.6. The molecule has 0 aliphatic rings. The molecule has 0 aliphatic carbocycles. The van der Waals surface area contributed by atoms with Crippen LogP contribution in [0.5, 0.6) is 0 Å². The molecule has 0 aliphatic heterocycles. The second-order valence-corrected chi connectivity index (χ2v) is 5.30. The Kier molecular flexibility index (Phi) is 6.93. The molecule has 0 fully saturated rings. The van der Waals surface area contributed by atoms with Gasteiger partial charge in [0.1, 0.15) is 11.1 Å². The van der Waals surface area contributed by atoms with Crippen LogP contribution in [0.15, 0.2) is 12.8 Å². The molecule has 0 saturated carbocycles. The van der Waals surface area contributed by atoms with Gasteiger partial charge in [0.2, 0.25) is 0 Å². The number of halogens is 4. The van der Waals surface area contributed by atoms with Crippen molar-refractivity contribution in [2.75, 3.05) is 0 Å². The number of aromatic amines is 1. The molecule has 0 spiro atoms. The summed E-state index contributed by atoms with van der Waals surface area (Å²) in [5.41, 5.74) is 0.565. The van der Waals surface area contributed by atoms with Crippen LogP contribution in [0, 0.1) is 0 Å². The van der Waals surface area contributed by atoms with Crippen molar-refractivity contribution in [1.82, 2.24) is 9.97 Å². The van der Waals surface area contributed by atoms with Crippen LogP contribution in [0.1, 0.15) is 36.5 Å². The first-order valence-electron chi connectivity index (χ1n) is 5.50. The second kappa shape index (κ2) is 7.43. The average molecular weight is 317 g/mol. The van der Waals surface area contributed by atoms with E-state index in [0.29, 0.717) is 18.5 Å². The van der Waals surface area contributed by atoms with Gasteiger partial charge in [0.15, 0.2) is 0 Å². The lowest BCUT2D eigenvalue weighted by Crippen LogP contribution is -2.13. The van der Waals surface area contributed by atoms with Gasteiger partial charge < -0.3 is 22.2 Å². The van der Waals surface area contributed by atoms with E-state index in [1.807, 2.05) is 6.92 Å². The highest BCUT2D eigenvalue weighted by Gasteiger charge is 2.26. The van der Waals surface area contributed by atoms with Gasteiger partial charge in [0.05, 0.1) is 5.69 Å². The van der Waals surface area contributed by atoms with Crippen molar-refractivity contribution in [3.63, 3.8) is 0 Å². The molecule has 5 nitrogen and oxygen atoms in total. The third kappa shape index (κ3) is 7.94. The largest absolute Gasteiger partial charge is 0.673 e. The Bertz CT molecular complexity index is 524. The predicted molar refractivity (Wildman–Crippen MR) is 68.1 cm³/mol. The Morgan fingerprint density at radius 1 is 1.50 bits per heavy atom. The second-order valence-electron chi connectivity index (χ2n) is 3.70. The zero-order valence-electron chi connectivity index (χ0n) is 10.6. The van der Waals surface area contributed by atoms with Gasteiger partial charge in [0.25, 0.3) is 10.1 Å². The molecule has 0 radical (unpaired) electrons. The van der Waals surface area contributed by atoms with Crippen LogP contribution in [0.3, 0.4) is 0 Å². The van der Waals surface area contributed by atoms with Gasteiger partial charge in [-0.05, 0) is 12.5 Å². The maximum atomic E-state index is 11.1. The Labute approximate surface area is 114 Å². The zero-order valence-corrected chi connectivity index (χ0v) is 11.4. The third-order valence-electron chi connectivity index (χ3n) is 2.04. The summed E-state index contributed by atoms with van der Waals surface area (Å²) >= 11 is 0. The minimum absolute atomic E-state index is 0.259. The number of nitrogens with one attached hydrogen (secondary N) is 1. The lowest BCUT2D eigenvalue weighted by molar-refractivity contribution is 0.368.